The highest BCUT2D eigenvalue weighted by molar-refractivity contribution is 6.04. The molecule has 0 spiro atoms. The molecule has 7 nitrogen and oxygen atoms in total. The van der Waals surface area contributed by atoms with Crippen LogP contribution in [0, 0.1) is 11.7 Å². The van der Waals surface area contributed by atoms with Gasteiger partial charge in [0, 0.05) is 22.0 Å². The Balaban J connectivity index is 1.45. The lowest BCUT2D eigenvalue weighted by atomic mass is 9.91. The van der Waals surface area contributed by atoms with Gasteiger partial charge < -0.3 is 9.88 Å². The van der Waals surface area contributed by atoms with Gasteiger partial charge in [0.2, 0.25) is 0 Å². The summed E-state index contributed by atoms with van der Waals surface area (Å²) in [4.78, 5) is 46.0. The van der Waals surface area contributed by atoms with Crippen molar-refractivity contribution in [1.29, 1.82) is 0 Å². The van der Waals surface area contributed by atoms with Crippen molar-refractivity contribution in [1.82, 2.24) is 20.7 Å². The molecule has 3 N–H and O–H groups in total. The number of rotatable bonds is 7. The van der Waals surface area contributed by atoms with Crippen LogP contribution in [-0.2, 0) is 4.79 Å². The Morgan fingerprint density at radius 1 is 0.860 bits per heavy atom. The molecule has 0 radical (unpaired) electrons. The van der Waals surface area contributed by atoms with E-state index < -0.39 is 29.7 Å². The molecule has 0 aliphatic carbocycles. The van der Waals surface area contributed by atoms with Gasteiger partial charge in [-0.05, 0) is 47.7 Å². The molecule has 6 rings (SSSR count). The van der Waals surface area contributed by atoms with E-state index in [9.17, 15) is 18.8 Å². The van der Waals surface area contributed by atoms with Crippen molar-refractivity contribution in [2.75, 3.05) is 0 Å². The Labute approximate surface area is 248 Å². The van der Waals surface area contributed by atoms with Crippen molar-refractivity contribution in [2.24, 2.45) is 5.92 Å². The number of fused-ring (bicyclic) bond motifs is 2. The van der Waals surface area contributed by atoms with Gasteiger partial charge in [-0.2, -0.15) is 0 Å². The van der Waals surface area contributed by atoms with E-state index in [1.54, 1.807) is 11.0 Å². The lowest BCUT2D eigenvalue weighted by molar-refractivity contribution is -0.127. The number of para-hydroxylation sites is 1. The van der Waals surface area contributed by atoms with Gasteiger partial charge in [-0.15, -0.1) is 0 Å². The second kappa shape index (κ2) is 11.6. The van der Waals surface area contributed by atoms with Crippen LogP contribution in [0.25, 0.3) is 22.2 Å². The summed E-state index contributed by atoms with van der Waals surface area (Å²) in [5.74, 6) is -2.29. The molecule has 43 heavy (non-hydrogen) atoms. The summed E-state index contributed by atoms with van der Waals surface area (Å²) in [5, 5.41) is 0.942. The summed E-state index contributed by atoms with van der Waals surface area (Å²) in [7, 11) is 0. The zero-order valence-electron chi connectivity index (χ0n) is 23.8. The molecular weight excluding hydrogens is 543 g/mol. The third-order valence-electron chi connectivity index (χ3n) is 7.83. The number of nitrogens with one attached hydrogen (secondary N) is 3. The number of amides is 3. The van der Waals surface area contributed by atoms with Gasteiger partial charge in [0.1, 0.15) is 11.9 Å². The first-order valence-electron chi connectivity index (χ1n) is 14.3. The van der Waals surface area contributed by atoms with E-state index in [1.807, 2.05) is 86.6 Å². The molecular formula is C35H31FN4O3. The Morgan fingerprint density at radius 3 is 2.30 bits per heavy atom. The predicted molar refractivity (Wildman–Crippen MR) is 163 cm³/mol. The van der Waals surface area contributed by atoms with Crippen LogP contribution in [0.4, 0.5) is 4.39 Å². The normalized spacial score (nSPS) is 15.0. The first-order valence-corrected chi connectivity index (χ1v) is 14.3. The van der Waals surface area contributed by atoms with Gasteiger partial charge in [0.05, 0.1) is 17.3 Å². The molecule has 2 heterocycles. The number of H-pyrrole nitrogens is 1. The minimum absolute atomic E-state index is 0.0340. The summed E-state index contributed by atoms with van der Waals surface area (Å²) < 4.78 is 14.2. The molecule has 216 valence electrons. The lowest BCUT2D eigenvalue weighted by Crippen LogP contribution is -2.54. The molecule has 8 heteroatoms. The van der Waals surface area contributed by atoms with Crippen molar-refractivity contribution in [3.8, 4) is 11.3 Å². The highest BCUT2D eigenvalue weighted by Gasteiger charge is 2.46. The molecule has 4 aromatic carbocycles. The van der Waals surface area contributed by atoms with E-state index in [4.69, 9.17) is 0 Å². The number of hydrazine groups is 1. The van der Waals surface area contributed by atoms with E-state index in [-0.39, 0.29) is 17.4 Å². The van der Waals surface area contributed by atoms with Crippen LogP contribution in [-0.4, -0.2) is 33.6 Å². The van der Waals surface area contributed by atoms with Gasteiger partial charge in [0.25, 0.3) is 17.7 Å². The molecule has 0 fully saturated rings. The summed E-state index contributed by atoms with van der Waals surface area (Å²) >= 11 is 0. The maximum Gasteiger partial charge on any atom is 0.272 e. The molecule has 3 amide bonds. The molecule has 1 aliphatic rings. The lowest BCUT2D eigenvalue weighted by Gasteiger charge is -2.34. The minimum atomic E-state index is -0.942. The highest BCUT2D eigenvalue weighted by Crippen LogP contribution is 2.46. The van der Waals surface area contributed by atoms with Gasteiger partial charge in [-0.25, -0.2) is 4.39 Å². The van der Waals surface area contributed by atoms with Gasteiger partial charge >= 0.3 is 0 Å². The van der Waals surface area contributed by atoms with Crippen LogP contribution < -0.4 is 10.9 Å². The summed E-state index contributed by atoms with van der Waals surface area (Å²) in [6.07, 6.45) is 0.334. The number of benzene rings is 4. The Morgan fingerprint density at radius 2 is 1.53 bits per heavy atom. The number of aromatic amines is 1. The van der Waals surface area contributed by atoms with Crippen LogP contribution in [0.15, 0.2) is 103 Å². The van der Waals surface area contributed by atoms with Crippen LogP contribution in [0.5, 0.6) is 0 Å². The second-order valence-electron chi connectivity index (χ2n) is 11.1. The van der Waals surface area contributed by atoms with Crippen LogP contribution in [0.1, 0.15) is 58.2 Å². The van der Waals surface area contributed by atoms with Crippen LogP contribution in [0.3, 0.4) is 0 Å². The van der Waals surface area contributed by atoms with Gasteiger partial charge in [-0.1, -0.05) is 92.7 Å². The third kappa shape index (κ3) is 5.16. The minimum Gasteiger partial charge on any atom is -0.354 e. The number of hydrogen-bond donors (Lipinski definition) is 3. The fourth-order valence-electron chi connectivity index (χ4n) is 5.94. The van der Waals surface area contributed by atoms with E-state index in [2.05, 4.69) is 15.8 Å². The van der Waals surface area contributed by atoms with Crippen LogP contribution in [0.2, 0.25) is 0 Å². The van der Waals surface area contributed by atoms with Crippen molar-refractivity contribution < 1.29 is 18.8 Å². The van der Waals surface area contributed by atoms with E-state index >= 15 is 0 Å². The number of nitrogens with zero attached hydrogens (tertiary/aromatic N) is 1. The molecule has 5 aromatic rings. The van der Waals surface area contributed by atoms with E-state index in [1.165, 1.54) is 24.3 Å². The number of carbonyl (C=O) groups is 3. The summed E-state index contributed by atoms with van der Waals surface area (Å²) in [6.45, 7) is 3.95. The molecule has 0 saturated carbocycles. The van der Waals surface area contributed by atoms with Crippen molar-refractivity contribution >= 4 is 28.6 Å². The highest BCUT2D eigenvalue weighted by atomic mass is 19.1. The predicted octanol–water partition coefficient (Wildman–Crippen LogP) is 6.40. The number of hydrogen-bond acceptors (Lipinski definition) is 3. The first-order chi connectivity index (χ1) is 20.8. The Bertz CT molecular complexity index is 1830. The summed E-state index contributed by atoms with van der Waals surface area (Å²) in [5.41, 5.74) is 9.56. The molecule has 2 atom stereocenters. The summed E-state index contributed by atoms with van der Waals surface area (Å²) in [6, 6.07) is 29.2. The Kier molecular flexibility index (Phi) is 7.50. The fourth-order valence-corrected chi connectivity index (χ4v) is 5.94. The van der Waals surface area contributed by atoms with Crippen molar-refractivity contribution in [3.63, 3.8) is 0 Å². The molecule has 0 bridgehead atoms. The molecule has 1 aliphatic heterocycles. The molecule has 1 aromatic heterocycles. The first kappa shape index (κ1) is 27.9. The third-order valence-corrected chi connectivity index (χ3v) is 7.83. The number of carbonyl (C=O) groups excluding carboxylic acids is 3. The average molecular weight is 575 g/mol. The smallest absolute Gasteiger partial charge is 0.272 e. The zero-order valence-corrected chi connectivity index (χ0v) is 23.8. The molecule has 2 unspecified atom stereocenters. The quantitative estimate of drug-likeness (QED) is 0.197. The maximum absolute atomic E-state index is 14.2. The molecule has 0 saturated heterocycles. The van der Waals surface area contributed by atoms with Gasteiger partial charge in [0.15, 0.2) is 0 Å². The standard InChI is InChI=1S/C35H31FN4O3/c1-21(2)20-29(34(42)39-38-33(41)25-16-8-10-18-27(25)36)40-32(23-14-6-7-15-24(23)35(40)43)30-26-17-9-11-19-28(26)37-31(30)22-12-4-3-5-13-22/h3-19,21,29,32,37H,20H2,1-2H3,(H,38,41)(H,39,42). The number of aromatic nitrogens is 1. The largest absolute Gasteiger partial charge is 0.354 e. The number of halogens is 1. The fraction of sp³-hybridized carbons (Fsp3) is 0.171. The second-order valence-corrected chi connectivity index (χ2v) is 11.1. The van der Waals surface area contributed by atoms with Crippen molar-refractivity contribution in [3.05, 3.63) is 131 Å². The average Bonchev–Trinajstić information content (AvgIpc) is 3.54. The van der Waals surface area contributed by atoms with E-state index in [0.717, 1.165) is 33.3 Å². The maximum atomic E-state index is 14.2. The topological polar surface area (TPSA) is 94.3 Å². The van der Waals surface area contributed by atoms with E-state index in [0.29, 0.717) is 12.0 Å². The van der Waals surface area contributed by atoms with Crippen LogP contribution >= 0.6 is 0 Å². The zero-order chi connectivity index (χ0) is 30.1. The van der Waals surface area contributed by atoms with Crippen molar-refractivity contribution in [2.45, 2.75) is 32.4 Å². The SMILES string of the molecule is CC(C)CC(C(=O)NNC(=O)c1ccccc1F)N1C(=O)c2ccccc2C1c1c(-c2ccccc2)[nH]c2ccccc12. The monoisotopic (exact) mass is 574 g/mol. The Hall–Kier alpha value is -5.24. The van der Waals surface area contributed by atoms with Gasteiger partial charge in [-0.3, -0.25) is 25.2 Å².